The van der Waals surface area contributed by atoms with E-state index in [-0.39, 0.29) is 17.2 Å². The van der Waals surface area contributed by atoms with Gasteiger partial charge < -0.3 is 9.32 Å². The molecule has 6 heteroatoms. The first-order chi connectivity index (χ1) is 13.0. The Morgan fingerprint density at radius 3 is 2.93 bits per heavy atom. The maximum Gasteiger partial charge on any atom is 0.223 e. The largest absolute Gasteiger partial charge is 0.441 e. The van der Waals surface area contributed by atoms with Crippen molar-refractivity contribution in [3.05, 3.63) is 41.9 Å². The highest BCUT2D eigenvalue weighted by atomic mass is 19.1. The third-order valence-electron chi connectivity index (χ3n) is 5.94. The number of halogens is 2. The number of carbonyl (C=O) groups is 1. The van der Waals surface area contributed by atoms with E-state index >= 15 is 0 Å². The summed E-state index contributed by atoms with van der Waals surface area (Å²) in [5.41, 5.74) is 0.166. The van der Waals surface area contributed by atoms with Crippen molar-refractivity contribution in [1.29, 1.82) is 0 Å². The van der Waals surface area contributed by atoms with Gasteiger partial charge in [-0.25, -0.2) is 13.8 Å². The van der Waals surface area contributed by atoms with Crippen LogP contribution in [0.5, 0.6) is 0 Å². The van der Waals surface area contributed by atoms with Gasteiger partial charge in [0.15, 0.2) is 11.7 Å². The quantitative estimate of drug-likeness (QED) is 0.777. The Morgan fingerprint density at radius 2 is 2.11 bits per heavy atom. The molecule has 1 aliphatic carbocycles. The Morgan fingerprint density at radius 1 is 1.30 bits per heavy atom. The standard InChI is InChI=1S/C21H24F2N2O2/c1-13-10-14-4-2-3-5-18(14)25(13)21(26)9-8-20-24-12-19(27-20)16-7-6-15(22)11-17(16)23/h6-7,11-14,18H,2-5,8-10H2,1H3. The molecular weight excluding hydrogens is 350 g/mol. The maximum atomic E-state index is 13.9. The van der Waals surface area contributed by atoms with Gasteiger partial charge in [-0.3, -0.25) is 4.79 Å². The lowest BCUT2D eigenvalue weighted by Crippen LogP contribution is -2.42. The first kappa shape index (κ1) is 18.1. The lowest BCUT2D eigenvalue weighted by atomic mass is 9.85. The summed E-state index contributed by atoms with van der Waals surface area (Å²) in [7, 11) is 0. The van der Waals surface area contributed by atoms with Gasteiger partial charge in [-0.1, -0.05) is 12.8 Å². The van der Waals surface area contributed by atoms with E-state index in [4.69, 9.17) is 4.42 Å². The molecule has 0 spiro atoms. The minimum absolute atomic E-state index is 0.143. The van der Waals surface area contributed by atoms with E-state index in [1.165, 1.54) is 37.6 Å². The smallest absolute Gasteiger partial charge is 0.223 e. The van der Waals surface area contributed by atoms with Crippen LogP contribution in [0.3, 0.4) is 0 Å². The number of fused-ring (bicyclic) bond motifs is 1. The number of hydrogen-bond acceptors (Lipinski definition) is 3. The lowest BCUT2D eigenvalue weighted by Gasteiger charge is -2.33. The normalized spacial score (nSPS) is 24.9. The van der Waals surface area contributed by atoms with Gasteiger partial charge in [-0.05, 0) is 44.2 Å². The average molecular weight is 374 g/mol. The fourth-order valence-electron chi connectivity index (χ4n) is 4.72. The summed E-state index contributed by atoms with van der Waals surface area (Å²) < 4.78 is 32.5. The molecule has 1 aliphatic heterocycles. The Hall–Kier alpha value is -2.24. The molecule has 27 heavy (non-hydrogen) atoms. The van der Waals surface area contributed by atoms with Crippen LogP contribution in [0.25, 0.3) is 11.3 Å². The van der Waals surface area contributed by atoms with E-state index in [9.17, 15) is 13.6 Å². The second-order valence-corrected chi connectivity index (χ2v) is 7.74. The molecule has 1 saturated carbocycles. The highest BCUT2D eigenvalue weighted by Crippen LogP contribution is 2.39. The third kappa shape index (κ3) is 3.62. The lowest BCUT2D eigenvalue weighted by molar-refractivity contribution is -0.134. The molecule has 2 heterocycles. The predicted octanol–water partition coefficient (Wildman–Crippen LogP) is 4.73. The van der Waals surface area contributed by atoms with Crippen molar-refractivity contribution in [1.82, 2.24) is 9.88 Å². The summed E-state index contributed by atoms with van der Waals surface area (Å²) in [6.45, 7) is 2.14. The molecule has 0 radical (unpaired) electrons. The monoisotopic (exact) mass is 374 g/mol. The van der Waals surface area contributed by atoms with Crippen LogP contribution in [0.2, 0.25) is 0 Å². The highest BCUT2D eigenvalue weighted by Gasteiger charge is 2.42. The molecule has 4 rings (SSSR count). The molecule has 1 aromatic carbocycles. The van der Waals surface area contributed by atoms with Crippen molar-refractivity contribution in [2.75, 3.05) is 0 Å². The summed E-state index contributed by atoms with van der Waals surface area (Å²) in [6.07, 6.45) is 8.04. The number of carbonyl (C=O) groups excluding carboxylic acids is 1. The molecule has 3 atom stereocenters. The molecule has 1 saturated heterocycles. The Kier molecular flexibility index (Phi) is 4.98. The van der Waals surface area contributed by atoms with E-state index in [0.717, 1.165) is 18.9 Å². The minimum atomic E-state index is -0.692. The van der Waals surface area contributed by atoms with E-state index in [2.05, 4.69) is 16.8 Å². The van der Waals surface area contributed by atoms with Crippen LogP contribution in [0.15, 0.2) is 28.8 Å². The van der Waals surface area contributed by atoms with Crippen molar-refractivity contribution in [2.24, 2.45) is 5.92 Å². The Balaban J connectivity index is 1.40. The first-order valence-electron chi connectivity index (χ1n) is 9.74. The van der Waals surface area contributed by atoms with Gasteiger partial charge in [0.25, 0.3) is 0 Å². The van der Waals surface area contributed by atoms with Crippen LogP contribution in [-0.4, -0.2) is 27.9 Å². The number of nitrogens with zero attached hydrogens (tertiary/aromatic N) is 2. The van der Waals surface area contributed by atoms with Crippen LogP contribution in [0.1, 0.15) is 51.3 Å². The van der Waals surface area contributed by atoms with Crippen molar-refractivity contribution in [3.8, 4) is 11.3 Å². The predicted molar refractivity (Wildman–Crippen MR) is 96.8 cm³/mol. The molecule has 2 aromatic rings. The number of aryl methyl sites for hydroxylation is 1. The summed E-state index contributed by atoms with van der Waals surface area (Å²) in [4.78, 5) is 19.0. The maximum absolute atomic E-state index is 13.9. The van der Waals surface area contributed by atoms with Gasteiger partial charge in [-0.2, -0.15) is 0 Å². The van der Waals surface area contributed by atoms with E-state index in [1.807, 2.05) is 0 Å². The molecule has 1 aromatic heterocycles. The number of benzene rings is 1. The number of aromatic nitrogens is 1. The zero-order chi connectivity index (χ0) is 19.0. The van der Waals surface area contributed by atoms with Crippen LogP contribution >= 0.6 is 0 Å². The number of oxazole rings is 1. The number of hydrogen-bond donors (Lipinski definition) is 0. The Labute approximate surface area is 157 Å². The zero-order valence-electron chi connectivity index (χ0n) is 15.5. The molecule has 144 valence electrons. The van der Waals surface area contributed by atoms with Crippen LogP contribution in [-0.2, 0) is 11.2 Å². The summed E-state index contributed by atoms with van der Waals surface area (Å²) >= 11 is 0. The van der Waals surface area contributed by atoms with Crippen molar-refractivity contribution < 1.29 is 18.0 Å². The number of rotatable bonds is 4. The summed E-state index contributed by atoms with van der Waals surface area (Å²) in [5.74, 6) is 0.105. The molecule has 0 N–H and O–H groups in total. The van der Waals surface area contributed by atoms with Gasteiger partial charge in [0.05, 0.1) is 11.8 Å². The molecule has 2 fully saturated rings. The second kappa shape index (κ2) is 7.41. The molecule has 1 amide bonds. The average Bonchev–Trinajstić information content (AvgIpc) is 3.23. The molecule has 2 aliphatic rings. The number of likely N-dealkylation sites (tertiary alicyclic amines) is 1. The van der Waals surface area contributed by atoms with E-state index in [1.54, 1.807) is 0 Å². The molecule has 0 bridgehead atoms. The van der Waals surface area contributed by atoms with Crippen molar-refractivity contribution >= 4 is 5.91 Å². The van der Waals surface area contributed by atoms with Crippen LogP contribution in [0.4, 0.5) is 8.78 Å². The fraction of sp³-hybridized carbons (Fsp3) is 0.524. The van der Waals surface area contributed by atoms with Crippen LogP contribution < -0.4 is 0 Å². The topological polar surface area (TPSA) is 46.3 Å². The number of amides is 1. The van der Waals surface area contributed by atoms with E-state index < -0.39 is 11.6 Å². The van der Waals surface area contributed by atoms with Crippen molar-refractivity contribution in [2.45, 2.75) is 64.0 Å². The molecule has 3 unspecified atom stereocenters. The van der Waals surface area contributed by atoms with E-state index in [0.29, 0.717) is 36.7 Å². The Bertz CT molecular complexity index is 835. The van der Waals surface area contributed by atoms with Gasteiger partial charge in [0.1, 0.15) is 11.6 Å². The molecule has 4 nitrogen and oxygen atoms in total. The summed E-state index contributed by atoms with van der Waals surface area (Å²) in [5, 5.41) is 0. The van der Waals surface area contributed by atoms with Gasteiger partial charge >= 0.3 is 0 Å². The first-order valence-corrected chi connectivity index (χ1v) is 9.74. The van der Waals surface area contributed by atoms with Gasteiger partial charge in [-0.15, -0.1) is 0 Å². The fourth-order valence-corrected chi connectivity index (χ4v) is 4.72. The van der Waals surface area contributed by atoms with Gasteiger partial charge in [0, 0.05) is 31.0 Å². The summed E-state index contributed by atoms with van der Waals surface area (Å²) in [6, 6.07) is 4.00. The zero-order valence-corrected chi connectivity index (χ0v) is 15.5. The second-order valence-electron chi connectivity index (χ2n) is 7.74. The van der Waals surface area contributed by atoms with Gasteiger partial charge in [0.2, 0.25) is 5.91 Å². The van der Waals surface area contributed by atoms with Crippen molar-refractivity contribution in [3.63, 3.8) is 0 Å². The molecular formula is C21H24F2N2O2. The minimum Gasteiger partial charge on any atom is -0.441 e. The highest BCUT2D eigenvalue weighted by molar-refractivity contribution is 5.77. The third-order valence-corrected chi connectivity index (χ3v) is 5.94. The van der Waals surface area contributed by atoms with Crippen LogP contribution in [0, 0.1) is 17.6 Å². The SMILES string of the molecule is CC1CC2CCCCC2N1C(=O)CCc1ncc(-c2ccc(F)cc2F)o1.